The van der Waals surface area contributed by atoms with Gasteiger partial charge in [-0.15, -0.1) is 0 Å². The number of oxazole rings is 1. The van der Waals surface area contributed by atoms with E-state index < -0.39 is 11.8 Å². The van der Waals surface area contributed by atoms with Crippen LogP contribution in [0.5, 0.6) is 0 Å². The van der Waals surface area contributed by atoms with Gasteiger partial charge in [-0.1, -0.05) is 13.3 Å². The Hall–Kier alpha value is -3.36. The normalized spacial score (nSPS) is 10.8. The highest BCUT2D eigenvalue weighted by Crippen LogP contribution is 2.16. The standard InChI is InChI=1S/C16H18N6O3/c1-2-3-10-7-18-14(17)12(20-10)8-19-15(23)21-9-4-5-11-13(6-9)25-16(24)22-11/h4-7H,2-3,8H2,1H3,(H2,17,18)(H,22,24)(H2,19,21,23). The molecule has 25 heavy (non-hydrogen) atoms. The summed E-state index contributed by atoms with van der Waals surface area (Å²) in [6.45, 7) is 2.20. The minimum Gasteiger partial charge on any atom is -0.408 e. The third-order valence-corrected chi connectivity index (χ3v) is 3.53. The van der Waals surface area contributed by atoms with Crippen LogP contribution >= 0.6 is 0 Å². The molecule has 1 aromatic carbocycles. The molecule has 2 amide bonds. The molecule has 0 radical (unpaired) electrons. The number of urea groups is 1. The van der Waals surface area contributed by atoms with E-state index >= 15 is 0 Å². The predicted octanol–water partition coefficient (Wildman–Crippen LogP) is 1.77. The van der Waals surface area contributed by atoms with Crippen LogP contribution < -0.4 is 22.1 Å². The number of aryl methyl sites for hydroxylation is 1. The monoisotopic (exact) mass is 342 g/mol. The molecule has 0 fully saturated rings. The molecule has 0 bridgehead atoms. The van der Waals surface area contributed by atoms with Crippen molar-refractivity contribution in [3.8, 4) is 0 Å². The van der Waals surface area contributed by atoms with E-state index in [1.807, 2.05) is 6.92 Å². The number of aromatic nitrogens is 3. The summed E-state index contributed by atoms with van der Waals surface area (Å²) in [5, 5.41) is 5.34. The highest BCUT2D eigenvalue weighted by atomic mass is 16.4. The van der Waals surface area contributed by atoms with E-state index in [2.05, 4.69) is 25.6 Å². The van der Waals surface area contributed by atoms with Crippen LogP contribution in [0, 0.1) is 0 Å². The Labute approximate surface area is 142 Å². The van der Waals surface area contributed by atoms with Crippen LogP contribution in [0.2, 0.25) is 0 Å². The van der Waals surface area contributed by atoms with Crippen LogP contribution in [0.1, 0.15) is 24.7 Å². The summed E-state index contributed by atoms with van der Waals surface area (Å²) in [5.41, 5.74) is 8.57. The lowest BCUT2D eigenvalue weighted by atomic mass is 10.2. The molecule has 9 heteroatoms. The third kappa shape index (κ3) is 3.94. The van der Waals surface area contributed by atoms with Gasteiger partial charge < -0.3 is 20.8 Å². The molecule has 0 atom stereocenters. The maximum absolute atomic E-state index is 12.0. The number of carbonyl (C=O) groups is 1. The summed E-state index contributed by atoms with van der Waals surface area (Å²) < 4.78 is 4.95. The molecule has 2 heterocycles. The molecule has 2 aromatic heterocycles. The zero-order valence-electron chi connectivity index (χ0n) is 13.6. The number of rotatable bonds is 5. The highest BCUT2D eigenvalue weighted by Gasteiger charge is 2.09. The largest absolute Gasteiger partial charge is 0.417 e. The first-order valence-electron chi connectivity index (χ1n) is 7.83. The van der Waals surface area contributed by atoms with Gasteiger partial charge in [0, 0.05) is 11.8 Å². The Balaban J connectivity index is 1.64. The molecule has 130 valence electrons. The molecule has 5 N–H and O–H groups in total. The first-order valence-corrected chi connectivity index (χ1v) is 7.83. The number of amides is 2. The summed E-state index contributed by atoms with van der Waals surface area (Å²) in [7, 11) is 0. The van der Waals surface area contributed by atoms with Gasteiger partial charge in [0.15, 0.2) is 5.58 Å². The Bertz CT molecular complexity index is 962. The smallest absolute Gasteiger partial charge is 0.408 e. The molecule has 0 aliphatic carbocycles. The van der Waals surface area contributed by atoms with Crippen LogP contribution in [0.3, 0.4) is 0 Å². The van der Waals surface area contributed by atoms with Gasteiger partial charge in [-0.3, -0.25) is 9.97 Å². The molecular weight excluding hydrogens is 324 g/mol. The number of carbonyl (C=O) groups excluding carboxylic acids is 1. The number of aromatic amines is 1. The van der Waals surface area contributed by atoms with Gasteiger partial charge >= 0.3 is 11.8 Å². The van der Waals surface area contributed by atoms with E-state index in [9.17, 15) is 9.59 Å². The third-order valence-electron chi connectivity index (χ3n) is 3.53. The zero-order valence-corrected chi connectivity index (χ0v) is 13.6. The van der Waals surface area contributed by atoms with E-state index in [4.69, 9.17) is 10.2 Å². The molecule has 0 saturated carbocycles. The van der Waals surface area contributed by atoms with Gasteiger partial charge in [-0.2, -0.15) is 0 Å². The van der Waals surface area contributed by atoms with Crippen LogP contribution in [-0.2, 0) is 13.0 Å². The average Bonchev–Trinajstić information content (AvgIpc) is 2.95. The van der Waals surface area contributed by atoms with Crippen molar-refractivity contribution in [1.82, 2.24) is 20.3 Å². The van der Waals surface area contributed by atoms with Gasteiger partial charge in [-0.05, 0) is 18.6 Å². The maximum atomic E-state index is 12.0. The molecule has 0 spiro atoms. The number of nitrogens with two attached hydrogens (primary N) is 1. The molecule has 0 aliphatic rings. The number of nitrogen functional groups attached to an aromatic ring is 1. The summed E-state index contributed by atoms with van der Waals surface area (Å²) in [5.74, 6) is -0.256. The number of hydrogen-bond donors (Lipinski definition) is 4. The Kier molecular flexibility index (Phi) is 4.64. The Morgan fingerprint density at radius 2 is 2.24 bits per heavy atom. The van der Waals surface area contributed by atoms with Crippen molar-refractivity contribution in [3.05, 3.63) is 46.3 Å². The number of nitrogens with one attached hydrogen (secondary N) is 3. The number of fused-ring (bicyclic) bond motifs is 1. The molecule has 3 aromatic rings. The molecule has 0 saturated heterocycles. The Morgan fingerprint density at radius 1 is 1.40 bits per heavy atom. The predicted molar refractivity (Wildman–Crippen MR) is 93.1 cm³/mol. The number of benzene rings is 1. The summed E-state index contributed by atoms with van der Waals surface area (Å²) in [6, 6.07) is 4.43. The zero-order chi connectivity index (χ0) is 17.8. The van der Waals surface area contributed by atoms with Gasteiger partial charge in [0.05, 0.1) is 24.0 Å². The van der Waals surface area contributed by atoms with E-state index in [-0.39, 0.29) is 12.4 Å². The fourth-order valence-corrected chi connectivity index (χ4v) is 2.35. The van der Waals surface area contributed by atoms with Crippen LogP contribution in [-0.4, -0.2) is 21.0 Å². The quantitative estimate of drug-likeness (QED) is 0.557. The Morgan fingerprint density at radius 3 is 3.04 bits per heavy atom. The fourth-order valence-electron chi connectivity index (χ4n) is 2.35. The van der Waals surface area contributed by atoms with Crippen molar-refractivity contribution < 1.29 is 9.21 Å². The summed E-state index contributed by atoms with van der Waals surface area (Å²) >= 11 is 0. The number of anilines is 2. The maximum Gasteiger partial charge on any atom is 0.417 e. The van der Waals surface area contributed by atoms with Crippen LogP contribution in [0.25, 0.3) is 11.1 Å². The minimum absolute atomic E-state index is 0.156. The van der Waals surface area contributed by atoms with Crippen LogP contribution in [0.4, 0.5) is 16.3 Å². The molecular formula is C16H18N6O3. The first-order chi connectivity index (χ1) is 12.0. The number of H-pyrrole nitrogens is 1. The summed E-state index contributed by atoms with van der Waals surface area (Å²) in [6.07, 6.45) is 3.39. The van der Waals surface area contributed by atoms with E-state index in [1.165, 1.54) is 0 Å². The lowest BCUT2D eigenvalue weighted by Crippen LogP contribution is -2.29. The van der Waals surface area contributed by atoms with Crippen molar-refractivity contribution >= 4 is 28.6 Å². The first kappa shape index (κ1) is 16.5. The lowest BCUT2D eigenvalue weighted by molar-refractivity contribution is 0.251. The highest BCUT2D eigenvalue weighted by molar-refractivity contribution is 5.91. The van der Waals surface area contributed by atoms with Gasteiger partial charge in [0.25, 0.3) is 0 Å². The second-order valence-corrected chi connectivity index (χ2v) is 5.48. The van der Waals surface area contributed by atoms with Gasteiger partial charge in [-0.25, -0.2) is 14.6 Å². The SMILES string of the molecule is CCCc1cnc(N)c(CNC(=O)Nc2ccc3[nH]c(=O)oc3c2)n1. The van der Waals surface area contributed by atoms with Crippen molar-refractivity contribution in [2.45, 2.75) is 26.3 Å². The van der Waals surface area contributed by atoms with E-state index in [1.54, 1.807) is 24.4 Å². The number of nitrogens with zero attached hydrogens (tertiary/aromatic N) is 2. The number of hydrogen-bond acceptors (Lipinski definition) is 6. The van der Waals surface area contributed by atoms with Gasteiger partial charge in [0.1, 0.15) is 11.5 Å². The fraction of sp³-hybridized carbons (Fsp3) is 0.250. The van der Waals surface area contributed by atoms with Crippen molar-refractivity contribution in [1.29, 1.82) is 0 Å². The minimum atomic E-state index is -0.544. The second-order valence-electron chi connectivity index (χ2n) is 5.48. The second kappa shape index (κ2) is 7.04. The van der Waals surface area contributed by atoms with Gasteiger partial charge in [0.2, 0.25) is 0 Å². The molecule has 0 aliphatic heterocycles. The van der Waals surface area contributed by atoms with E-state index in [0.29, 0.717) is 22.5 Å². The topological polar surface area (TPSA) is 139 Å². The van der Waals surface area contributed by atoms with E-state index in [0.717, 1.165) is 18.5 Å². The van der Waals surface area contributed by atoms with Crippen molar-refractivity contribution in [3.63, 3.8) is 0 Å². The lowest BCUT2D eigenvalue weighted by Gasteiger charge is -2.09. The van der Waals surface area contributed by atoms with Crippen molar-refractivity contribution in [2.75, 3.05) is 11.1 Å². The van der Waals surface area contributed by atoms with Crippen molar-refractivity contribution in [2.24, 2.45) is 0 Å². The average molecular weight is 342 g/mol. The summed E-state index contributed by atoms with van der Waals surface area (Å²) in [4.78, 5) is 34.2. The van der Waals surface area contributed by atoms with Crippen LogP contribution in [0.15, 0.2) is 33.6 Å². The molecule has 0 unspecified atom stereocenters. The molecule has 3 rings (SSSR count). The molecule has 9 nitrogen and oxygen atoms in total.